The van der Waals surface area contributed by atoms with Crippen molar-refractivity contribution >= 4 is 29.4 Å². The fourth-order valence-corrected chi connectivity index (χ4v) is 3.11. The van der Waals surface area contributed by atoms with E-state index in [1.54, 1.807) is 6.92 Å². The highest BCUT2D eigenvalue weighted by Gasteiger charge is 2.36. The number of carbonyl (C=O) groups excluding carboxylic acids is 3. The second-order valence-electron chi connectivity index (χ2n) is 7.32. The molecule has 2 rings (SSSR count). The van der Waals surface area contributed by atoms with Crippen molar-refractivity contribution in [3.05, 3.63) is 30.1 Å². The zero-order valence-electron chi connectivity index (χ0n) is 16.6. The first-order valence-corrected chi connectivity index (χ1v) is 9.53. The number of benzene rings is 1. The summed E-state index contributed by atoms with van der Waals surface area (Å²) in [6.45, 7) is 5.12. The van der Waals surface area contributed by atoms with Crippen molar-refractivity contribution < 1.29 is 28.7 Å². The van der Waals surface area contributed by atoms with Crippen LogP contribution in [0.15, 0.2) is 24.3 Å². The van der Waals surface area contributed by atoms with E-state index in [0.29, 0.717) is 12.1 Å². The molecule has 4 unspecified atom stereocenters. The van der Waals surface area contributed by atoms with E-state index in [2.05, 4.69) is 10.6 Å². The highest BCUT2D eigenvalue weighted by atomic mass is 19.1. The van der Waals surface area contributed by atoms with Gasteiger partial charge in [0.05, 0.1) is 5.92 Å². The fourth-order valence-electron chi connectivity index (χ4n) is 3.11. The van der Waals surface area contributed by atoms with E-state index in [0.717, 1.165) is 0 Å². The number of halogens is 1. The van der Waals surface area contributed by atoms with Gasteiger partial charge in [-0.25, -0.2) is 9.18 Å². The van der Waals surface area contributed by atoms with E-state index >= 15 is 0 Å². The zero-order valence-corrected chi connectivity index (χ0v) is 16.6. The summed E-state index contributed by atoms with van der Waals surface area (Å²) in [5.74, 6) is -3.83. The van der Waals surface area contributed by atoms with Crippen molar-refractivity contribution in [2.75, 3.05) is 11.4 Å². The zero-order chi connectivity index (χ0) is 21.7. The largest absolute Gasteiger partial charge is 0.480 e. The molecule has 0 spiro atoms. The van der Waals surface area contributed by atoms with Crippen LogP contribution in [0.3, 0.4) is 0 Å². The lowest BCUT2D eigenvalue weighted by Gasteiger charge is -2.23. The molecular formula is C20H26FN3O5. The van der Waals surface area contributed by atoms with Crippen LogP contribution in [0.4, 0.5) is 10.1 Å². The number of amides is 3. The molecule has 1 aromatic carbocycles. The van der Waals surface area contributed by atoms with Crippen LogP contribution in [-0.4, -0.2) is 47.4 Å². The average Bonchev–Trinajstić information content (AvgIpc) is 3.07. The lowest BCUT2D eigenvalue weighted by Crippen LogP contribution is -2.53. The molecule has 0 saturated carbocycles. The molecule has 1 fully saturated rings. The predicted octanol–water partition coefficient (Wildman–Crippen LogP) is 1.30. The Morgan fingerprint density at radius 1 is 1.21 bits per heavy atom. The maximum Gasteiger partial charge on any atom is 0.326 e. The molecule has 3 N–H and O–H groups in total. The van der Waals surface area contributed by atoms with Crippen LogP contribution < -0.4 is 15.5 Å². The number of anilines is 1. The third kappa shape index (κ3) is 5.52. The molecule has 0 radical (unpaired) electrons. The van der Waals surface area contributed by atoms with Crippen LogP contribution in [0, 0.1) is 17.7 Å². The third-order valence-corrected chi connectivity index (χ3v) is 5.16. The first kappa shape index (κ1) is 22.3. The van der Waals surface area contributed by atoms with Crippen molar-refractivity contribution in [2.45, 2.75) is 45.7 Å². The molecule has 1 aliphatic rings. The summed E-state index contributed by atoms with van der Waals surface area (Å²) < 4.78 is 13.1. The number of carboxylic acid groups (broad SMARTS) is 1. The minimum absolute atomic E-state index is 0.0256. The highest BCUT2D eigenvalue weighted by molar-refractivity contribution is 6.01. The van der Waals surface area contributed by atoms with E-state index in [-0.39, 0.29) is 24.8 Å². The third-order valence-electron chi connectivity index (χ3n) is 5.16. The van der Waals surface area contributed by atoms with E-state index in [1.165, 1.54) is 36.1 Å². The van der Waals surface area contributed by atoms with Crippen LogP contribution in [0.25, 0.3) is 0 Å². The Morgan fingerprint density at radius 2 is 1.83 bits per heavy atom. The summed E-state index contributed by atoms with van der Waals surface area (Å²) >= 11 is 0. The van der Waals surface area contributed by atoms with Crippen molar-refractivity contribution in [1.82, 2.24) is 10.6 Å². The molecular weight excluding hydrogens is 381 g/mol. The van der Waals surface area contributed by atoms with E-state index in [4.69, 9.17) is 0 Å². The summed E-state index contributed by atoms with van der Waals surface area (Å²) in [6, 6.07) is 3.39. The standard InChI is InChI=1S/C20H26FN3O5/c1-4-11(2)17(20(28)29)23-18(26)12(3)22-19(27)13-9-16(25)24(10-13)15-7-5-14(21)6-8-15/h5-8,11-13,17H,4,9-10H2,1-3H3,(H,22,27)(H,23,26)(H,28,29). The number of hydrogen-bond acceptors (Lipinski definition) is 4. The van der Waals surface area contributed by atoms with Gasteiger partial charge in [0, 0.05) is 18.7 Å². The lowest BCUT2D eigenvalue weighted by atomic mass is 9.99. The Balaban J connectivity index is 1.95. The van der Waals surface area contributed by atoms with E-state index in [9.17, 15) is 28.7 Å². The Morgan fingerprint density at radius 3 is 2.38 bits per heavy atom. The van der Waals surface area contributed by atoms with Gasteiger partial charge in [0.25, 0.3) is 0 Å². The Labute approximate surface area is 168 Å². The monoisotopic (exact) mass is 407 g/mol. The van der Waals surface area contributed by atoms with Gasteiger partial charge in [-0.15, -0.1) is 0 Å². The SMILES string of the molecule is CCC(C)C(NC(=O)C(C)NC(=O)C1CC(=O)N(c2ccc(F)cc2)C1)C(=O)O. The molecule has 9 heteroatoms. The molecule has 1 saturated heterocycles. The first-order chi connectivity index (χ1) is 13.6. The van der Waals surface area contributed by atoms with Crippen LogP contribution in [-0.2, 0) is 19.2 Å². The van der Waals surface area contributed by atoms with E-state index < -0.39 is 41.6 Å². The molecule has 4 atom stereocenters. The summed E-state index contributed by atoms with van der Waals surface area (Å²) in [6.07, 6.45) is 0.545. The summed E-state index contributed by atoms with van der Waals surface area (Å²) in [5, 5.41) is 14.3. The molecule has 29 heavy (non-hydrogen) atoms. The van der Waals surface area contributed by atoms with Gasteiger partial charge in [-0.05, 0) is 37.1 Å². The molecule has 0 bridgehead atoms. The van der Waals surface area contributed by atoms with E-state index in [1.807, 2.05) is 6.92 Å². The first-order valence-electron chi connectivity index (χ1n) is 9.53. The number of aliphatic carboxylic acids is 1. The Kier molecular flexibility index (Phi) is 7.30. The number of nitrogens with zero attached hydrogens (tertiary/aromatic N) is 1. The minimum Gasteiger partial charge on any atom is -0.480 e. The van der Waals surface area contributed by atoms with Gasteiger partial charge >= 0.3 is 5.97 Å². The molecule has 1 aliphatic heterocycles. The maximum atomic E-state index is 13.1. The van der Waals surface area contributed by atoms with Crippen LogP contribution in [0.2, 0.25) is 0 Å². The van der Waals surface area contributed by atoms with Gasteiger partial charge in [-0.2, -0.15) is 0 Å². The fraction of sp³-hybridized carbons (Fsp3) is 0.500. The van der Waals surface area contributed by atoms with Crippen LogP contribution in [0.5, 0.6) is 0 Å². The van der Waals surface area contributed by atoms with Gasteiger partial charge in [-0.1, -0.05) is 20.3 Å². The van der Waals surface area contributed by atoms with Crippen molar-refractivity contribution in [2.24, 2.45) is 11.8 Å². The highest BCUT2D eigenvalue weighted by Crippen LogP contribution is 2.25. The number of hydrogen-bond donors (Lipinski definition) is 3. The second-order valence-corrected chi connectivity index (χ2v) is 7.32. The number of rotatable bonds is 8. The van der Waals surface area contributed by atoms with Gasteiger partial charge in [0.1, 0.15) is 17.9 Å². The Bertz CT molecular complexity index is 783. The smallest absolute Gasteiger partial charge is 0.326 e. The Hall–Kier alpha value is -2.97. The van der Waals surface area contributed by atoms with Gasteiger partial charge in [0.2, 0.25) is 17.7 Å². The van der Waals surface area contributed by atoms with Gasteiger partial charge < -0.3 is 20.6 Å². The summed E-state index contributed by atoms with van der Waals surface area (Å²) in [4.78, 5) is 49.8. The molecule has 0 aromatic heterocycles. The number of carboxylic acids is 1. The molecule has 8 nitrogen and oxygen atoms in total. The number of carbonyl (C=O) groups is 4. The van der Waals surface area contributed by atoms with Gasteiger partial charge in [0.15, 0.2) is 0 Å². The second kappa shape index (κ2) is 9.49. The molecule has 1 aromatic rings. The molecule has 158 valence electrons. The van der Waals surface area contributed by atoms with Crippen molar-refractivity contribution in [1.29, 1.82) is 0 Å². The van der Waals surface area contributed by atoms with Crippen molar-refractivity contribution in [3.63, 3.8) is 0 Å². The number of nitrogens with one attached hydrogen (secondary N) is 2. The molecule has 0 aliphatic carbocycles. The van der Waals surface area contributed by atoms with Crippen LogP contribution in [0.1, 0.15) is 33.6 Å². The maximum absolute atomic E-state index is 13.1. The molecule has 3 amide bonds. The van der Waals surface area contributed by atoms with Crippen molar-refractivity contribution in [3.8, 4) is 0 Å². The summed E-state index contributed by atoms with van der Waals surface area (Å²) in [5.41, 5.74) is 0.496. The lowest BCUT2D eigenvalue weighted by molar-refractivity contribution is -0.143. The van der Waals surface area contributed by atoms with Crippen LogP contribution >= 0.6 is 0 Å². The quantitative estimate of drug-likeness (QED) is 0.601. The minimum atomic E-state index is -1.14. The topological polar surface area (TPSA) is 116 Å². The molecule has 1 heterocycles. The van der Waals surface area contributed by atoms with Gasteiger partial charge in [-0.3, -0.25) is 14.4 Å². The predicted molar refractivity (Wildman–Crippen MR) is 103 cm³/mol. The normalized spacial score (nSPS) is 19.4. The summed E-state index contributed by atoms with van der Waals surface area (Å²) in [7, 11) is 0. The average molecular weight is 407 g/mol.